The highest BCUT2D eigenvalue weighted by molar-refractivity contribution is 9.10. The van der Waals surface area contributed by atoms with Crippen LogP contribution >= 0.6 is 15.9 Å². The van der Waals surface area contributed by atoms with Crippen molar-refractivity contribution in [2.75, 3.05) is 4.90 Å². The molecule has 0 saturated carbocycles. The lowest BCUT2D eigenvalue weighted by Crippen LogP contribution is -2.34. The minimum Gasteiger partial charge on any atom is -0.298 e. The predicted molar refractivity (Wildman–Crippen MR) is 91.3 cm³/mol. The molecule has 0 bridgehead atoms. The third kappa shape index (κ3) is 3.05. The smallest absolute Gasteiger partial charge is 0.241 e. The fourth-order valence-corrected chi connectivity index (χ4v) is 3.14. The van der Waals surface area contributed by atoms with Gasteiger partial charge in [-0.15, -0.1) is 0 Å². The van der Waals surface area contributed by atoms with Crippen molar-refractivity contribution in [2.45, 2.75) is 6.42 Å². The largest absolute Gasteiger partial charge is 0.298 e. The van der Waals surface area contributed by atoms with Crippen LogP contribution in [0, 0.1) is 0 Å². The van der Waals surface area contributed by atoms with E-state index in [2.05, 4.69) is 15.9 Å². The van der Waals surface area contributed by atoms with Crippen molar-refractivity contribution < 1.29 is 18.8 Å². The maximum atomic E-state index is 14.0. The Morgan fingerprint density at radius 1 is 1.12 bits per heavy atom. The van der Waals surface area contributed by atoms with E-state index in [1.54, 1.807) is 36.4 Å². The Morgan fingerprint density at radius 2 is 1.92 bits per heavy atom. The van der Waals surface area contributed by atoms with Gasteiger partial charge in [-0.25, -0.2) is 0 Å². The van der Waals surface area contributed by atoms with Gasteiger partial charge in [0, 0.05) is 16.1 Å². The molecule has 1 heterocycles. The van der Waals surface area contributed by atoms with E-state index in [4.69, 9.17) is 0 Å². The number of carbonyl (C=O) groups is 3. The van der Waals surface area contributed by atoms with Crippen molar-refractivity contribution in [1.29, 1.82) is 0 Å². The summed E-state index contributed by atoms with van der Waals surface area (Å²) >= 11 is 3.41. The average molecular weight is 388 g/mol. The second-order valence-electron chi connectivity index (χ2n) is 5.25. The number of allylic oxidation sites excluding steroid dienone is 1. The van der Waals surface area contributed by atoms with Crippen molar-refractivity contribution in [3.8, 4) is 11.1 Å². The Hall–Kier alpha value is -2.60. The van der Waals surface area contributed by atoms with E-state index in [-0.39, 0.29) is 6.42 Å². The first-order chi connectivity index (χ1) is 11.5. The third-order valence-corrected chi connectivity index (χ3v) is 4.27. The van der Waals surface area contributed by atoms with Gasteiger partial charge in [0.05, 0.1) is 12.1 Å². The summed E-state index contributed by atoms with van der Waals surface area (Å²) < 4.78 is 14.8. The van der Waals surface area contributed by atoms with E-state index in [0.717, 1.165) is 28.4 Å². The minimum atomic E-state index is -0.885. The van der Waals surface area contributed by atoms with Gasteiger partial charge in [-0.1, -0.05) is 40.2 Å². The number of carbonyl (C=O) groups excluding carboxylic acids is 3. The van der Waals surface area contributed by atoms with Gasteiger partial charge in [-0.05, 0) is 29.3 Å². The first kappa shape index (κ1) is 16.3. The summed E-state index contributed by atoms with van der Waals surface area (Å²) in [5.74, 6) is -2.03. The normalized spacial score (nSPS) is 14.6. The van der Waals surface area contributed by atoms with Crippen LogP contribution < -0.4 is 4.90 Å². The molecule has 1 aliphatic rings. The number of hydrogen-bond donors (Lipinski definition) is 0. The highest BCUT2D eigenvalue weighted by atomic mass is 79.9. The number of hydrogen-bond acceptors (Lipinski definition) is 3. The van der Waals surface area contributed by atoms with Crippen LogP contribution in [0.3, 0.4) is 0 Å². The van der Waals surface area contributed by atoms with Crippen LogP contribution in [0.4, 0.5) is 10.1 Å². The number of benzene rings is 2. The van der Waals surface area contributed by atoms with E-state index in [1.165, 1.54) is 0 Å². The first-order valence-electron chi connectivity index (χ1n) is 7.08. The van der Waals surface area contributed by atoms with Crippen molar-refractivity contribution in [3.63, 3.8) is 0 Å². The number of halogens is 2. The molecule has 0 aromatic heterocycles. The van der Waals surface area contributed by atoms with Gasteiger partial charge >= 0.3 is 0 Å². The number of anilines is 1. The Bertz CT molecular complexity index is 892. The molecule has 0 aliphatic carbocycles. The molecule has 120 valence electrons. The quantitative estimate of drug-likeness (QED) is 0.453. The van der Waals surface area contributed by atoms with E-state index < -0.39 is 17.6 Å². The molecule has 0 unspecified atom stereocenters. The van der Waals surface area contributed by atoms with Crippen molar-refractivity contribution >= 4 is 39.6 Å². The monoisotopic (exact) mass is 387 g/mol. The summed E-state index contributed by atoms with van der Waals surface area (Å²) in [6.07, 6.45) is 1.22. The molecule has 4 nitrogen and oxygen atoms in total. The van der Waals surface area contributed by atoms with Crippen LogP contribution in [0.5, 0.6) is 0 Å². The van der Waals surface area contributed by atoms with Gasteiger partial charge in [-0.2, -0.15) is 4.39 Å². The molecule has 0 spiro atoms. The summed E-state index contributed by atoms with van der Waals surface area (Å²) in [4.78, 5) is 35.0. The fraction of sp³-hybridized carbons (Fsp3) is 0.0556. The summed E-state index contributed by atoms with van der Waals surface area (Å²) in [5.41, 5.74) is 2.41. The van der Waals surface area contributed by atoms with Crippen molar-refractivity contribution in [1.82, 2.24) is 0 Å². The van der Waals surface area contributed by atoms with Crippen LogP contribution in [-0.2, 0) is 9.59 Å². The maximum Gasteiger partial charge on any atom is 0.241 e. The molecule has 3 rings (SSSR count). The Kier molecular flexibility index (Phi) is 4.40. The molecular weight excluding hydrogens is 377 g/mol. The third-order valence-electron chi connectivity index (χ3n) is 3.61. The molecule has 24 heavy (non-hydrogen) atoms. The van der Waals surface area contributed by atoms with Crippen LogP contribution in [0.25, 0.3) is 11.1 Å². The molecule has 0 radical (unpaired) electrons. The SMILES string of the molecule is O=Cc1ccc(-c2cccc(N3C(=O)CC(=O)C=C3F)c2)c(Br)c1. The Morgan fingerprint density at radius 3 is 2.58 bits per heavy atom. The molecular formula is C18H11BrFNO3. The van der Waals surface area contributed by atoms with E-state index >= 15 is 0 Å². The highest BCUT2D eigenvalue weighted by Crippen LogP contribution is 2.33. The number of ketones is 1. The summed E-state index contributed by atoms with van der Waals surface area (Å²) in [5, 5.41) is 0. The van der Waals surface area contributed by atoms with Gasteiger partial charge in [0.1, 0.15) is 6.29 Å². The Labute approximate surface area is 145 Å². The second kappa shape index (κ2) is 6.49. The fourth-order valence-electron chi connectivity index (χ4n) is 2.51. The van der Waals surface area contributed by atoms with E-state index in [1.807, 2.05) is 6.07 Å². The molecule has 0 fully saturated rings. The summed E-state index contributed by atoms with van der Waals surface area (Å²) in [6, 6.07) is 11.9. The zero-order valence-corrected chi connectivity index (χ0v) is 13.9. The van der Waals surface area contributed by atoms with Crippen molar-refractivity contribution in [3.05, 3.63) is 64.5 Å². The number of rotatable bonds is 3. The standard InChI is InChI=1S/C18H11BrFNO3/c19-16-6-11(10-22)4-5-15(16)12-2-1-3-13(7-12)21-17(20)8-14(23)9-18(21)24/h1-8,10H,9H2. The number of nitrogens with zero attached hydrogens (tertiary/aromatic N) is 1. The topological polar surface area (TPSA) is 54.5 Å². The average Bonchev–Trinajstić information content (AvgIpc) is 2.54. The zero-order valence-electron chi connectivity index (χ0n) is 12.3. The molecule has 2 aromatic carbocycles. The molecule has 1 aliphatic heterocycles. The minimum absolute atomic E-state index is 0.338. The van der Waals surface area contributed by atoms with Crippen LogP contribution in [-0.4, -0.2) is 18.0 Å². The molecule has 1 amide bonds. The van der Waals surface area contributed by atoms with Crippen LogP contribution in [0.15, 0.2) is 59.0 Å². The number of aldehydes is 1. The van der Waals surface area contributed by atoms with Gasteiger partial charge in [-0.3, -0.25) is 19.3 Å². The number of amides is 1. The van der Waals surface area contributed by atoms with Gasteiger partial charge in [0.25, 0.3) is 0 Å². The maximum absolute atomic E-state index is 14.0. The van der Waals surface area contributed by atoms with Gasteiger partial charge in [0.2, 0.25) is 11.9 Å². The summed E-state index contributed by atoms with van der Waals surface area (Å²) in [7, 11) is 0. The van der Waals surface area contributed by atoms with Crippen molar-refractivity contribution in [2.24, 2.45) is 0 Å². The summed E-state index contributed by atoms with van der Waals surface area (Å²) in [6.45, 7) is 0. The van der Waals surface area contributed by atoms with Gasteiger partial charge < -0.3 is 0 Å². The van der Waals surface area contributed by atoms with Gasteiger partial charge in [0.15, 0.2) is 5.78 Å². The zero-order chi connectivity index (χ0) is 17.3. The highest BCUT2D eigenvalue weighted by Gasteiger charge is 2.27. The molecule has 2 aromatic rings. The van der Waals surface area contributed by atoms with E-state index in [0.29, 0.717) is 15.7 Å². The molecule has 0 N–H and O–H groups in total. The second-order valence-corrected chi connectivity index (χ2v) is 6.10. The predicted octanol–water partition coefficient (Wildman–Crippen LogP) is 4.05. The Balaban J connectivity index is 2.04. The van der Waals surface area contributed by atoms with E-state index in [9.17, 15) is 18.8 Å². The lowest BCUT2D eigenvalue weighted by molar-refractivity contribution is -0.125. The van der Waals surface area contributed by atoms with Crippen LogP contribution in [0.1, 0.15) is 16.8 Å². The molecule has 0 saturated heterocycles. The lowest BCUT2D eigenvalue weighted by atomic mass is 10.0. The first-order valence-corrected chi connectivity index (χ1v) is 7.87. The molecule has 6 heteroatoms. The molecule has 0 atom stereocenters. The van der Waals surface area contributed by atoms with Crippen LogP contribution in [0.2, 0.25) is 0 Å². The lowest BCUT2D eigenvalue weighted by Gasteiger charge is -2.23.